The Morgan fingerprint density at radius 2 is 2.24 bits per heavy atom. The molecule has 0 atom stereocenters. The number of hydrogen-bond donors (Lipinski definition) is 1. The summed E-state index contributed by atoms with van der Waals surface area (Å²) in [5, 5.41) is 3.46. The molecule has 2 rings (SSSR count). The van der Waals surface area contributed by atoms with E-state index >= 15 is 0 Å². The average Bonchev–Trinajstić information content (AvgIpc) is 2.99. The molecule has 1 N–H and O–H groups in total. The molecular weight excluding hydrogens is 262 g/mol. The standard InChI is InChI=1S/C17H23N3O/c1-15(2)13-21-17-7-4-3-6-16(17)12-18-8-5-10-20-11-9-19-14-20/h3-4,6-7,9,11,14,18H,1,5,8,10,12-13H2,2H3. The predicted molar refractivity (Wildman–Crippen MR) is 85.3 cm³/mol. The van der Waals surface area contributed by atoms with Crippen LogP contribution in [0.4, 0.5) is 0 Å². The van der Waals surface area contributed by atoms with Crippen molar-refractivity contribution in [3.63, 3.8) is 0 Å². The predicted octanol–water partition coefficient (Wildman–Crippen LogP) is 3.02. The summed E-state index contributed by atoms with van der Waals surface area (Å²) in [5.41, 5.74) is 2.21. The Morgan fingerprint density at radius 3 is 3.00 bits per heavy atom. The lowest BCUT2D eigenvalue weighted by atomic mass is 10.2. The number of hydrogen-bond acceptors (Lipinski definition) is 3. The van der Waals surface area contributed by atoms with E-state index in [4.69, 9.17) is 4.74 Å². The van der Waals surface area contributed by atoms with Gasteiger partial charge in [0, 0.05) is 31.0 Å². The van der Waals surface area contributed by atoms with Crippen LogP contribution >= 0.6 is 0 Å². The van der Waals surface area contributed by atoms with E-state index < -0.39 is 0 Å². The number of nitrogens with zero attached hydrogens (tertiary/aromatic N) is 2. The molecule has 2 aromatic rings. The maximum Gasteiger partial charge on any atom is 0.124 e. The van der Waals surface area contributed by atoms with Crippen molar-refractivity contribution in [1.82, 2.24) is 14.9 Å². The molecule has 21 heavy (non-hydrogen) atoms. The van der Waals surface area contributed by atoms with Crippen LogP contribution in [-0.2, 0) is 13.1 Å². The number of ether oxygens (including phenoxy) is 1. The maximum atomic E-state index is 5.76. The minimum Gasteiger partial charge on any atom is -0.489 e. The molecule has 0 spiro atoms. The van der Waals surface area contributed by atoms with E-state index in [2.05, 4.69) is 27.5 Å². The third-order valence-electron chi connectivity index (χ3n) is 3.09. The van der Waals surface area contributed by atoms with E-state index in [9.17, 15) is 0 Å². The van der Waals surface area contributed by atoms with Gasteiger partial charge < -0.3 is 14.6 Å². The minimum absolute atomic E-state index is 0.567. The fourth-order valence-electron chi connectivity index (χ4n) is 2.02. The molecule has 1 aromatic heterocycles. The van der Waals surface area contributed by atoms with Crippen molar-refractivity contribution < 1.29 is 4.74 Å². The summed E-state index contributed by atoms with van der Waals surface area (Å²) < 4.78 is 7.85. The van der Waals surface area contributed by atoms with Crippen LogP contribution in [0.2, 0.25) is 0 Å². The van der Waals surface area contributed by atoms with Gasteiger partial charge in [-0.05, 0) is 31.5 Å². The van der Waals surface area contributed by atoms with Gasteiger partial charge in [0.25, 0.3) is 0 Å². The van der Waals surface area contributed by atoms with Crippen molar-refractivity contribution in [3.05, 3.63) is 60.7 Å². The summed E-state index contributed by atoms with van der Waals surface area (Å²) in [6.45, 7) is 9.17. The smallest absolute Gasteiger partial charge is 0.124 e. The second-order valence-corrected chi connectivity index (χ2v) is 5.18. The third-order valence-corrected chi connectivity index (χ3v) is 3.09. The zero-order chi connectivity index (χ0) is 14.9. The van der Waals surface area contributed by atoms with Gasteiger partial charge >= 0.3 is 0 Å². The van der Waals surface area contributed by atoms with Crippen molar-refractivity contribution >= 4 is 0 Å². The van der Waals surface area contributed by atoms with Crippen LogP contribution in [-0.4, -0.2) is 22.7 Å². The Balaban J connectivity index is 1.73. The Hall–Kier alpha value is -2.07. The van der Waals surface area contributed by atoms with Crippen LogP contribution in [0.25, 0.3) is 0 Å². The molecule has 0 saturated heterocycles. The second kappa shape index (κ2) is 8.27. The first-order valence-corrected chi connectivity index (χ1v) is 7.27. The molecule has 0 aliphatic heterocycles. The first-order chi connectivity index (χ1) is 10.3. The highest BCUT2D eigenvalue weighted by molar-refractivity contribution is 5.33. The fourth-order valence-corrected chi connectivity index (χ4v) is 2.02. The van der Waals surface area contributed by atoms with Crippen LogP contribution in [0.1, 0.15) is 18.9 Å². The number of nitrogens with one attached hydrogen (secondary N) is 1. The lowest BCUT2D eigenvalue weighted by Crippen LogP contribution is -2.17. The van der Waals surface area contributed by atoms with Gasteiger partial charge in [-0.2, -0.15) is 0 Å². The van der Waals surface area contributed by atoms with Gasteiger partial charge in [0.05, 0.1) is 6.33 Å². The molecular formula is C17H23N3O. The molecule has 4 nitrogen and oxygen atoms in total. The van der Waals surface area contributed by atoms with Gasteiger partial charge in [0.1, 0.15) is 12.4 Å². The molecule has 0 aliphatic rings. The lowest BCUT2D eigenvalue weighted by molar-refractivity contribution is 0.347. The van der Waals surface area contributed by atoms with Gasteiger partial charge in [0.2, 0.25) is 0 Å². The summed E-state index contributed by atoms with van der Waals surface area (Å²) in [5.74, 6) is 0.933. The van der Waals surface area contributed by atoms with Crippen LogP contribution in [0, 0.1) is 0 Å². The van der Waals surface area contributed by atoms with E-state index in [1.165, 1.54) is 5.56 Å². The number of benzene rings is 1. The van der Waals surface area contributed by atoms with E-state index in [-0.39, 0.29) is 0 Å². The van der Waals surface area contributed by atoms with E-state index in [0.29, 0.717) is 6.61 Å². The van der Waals surface area contributed by atoms with Crippen molar-refractivity contribution in [1.29, 1.82) is 0 Å². The Morgan fingerprint density at radius 1 is 1.38 bits per heavy atom. The first kappa shape index (κ1) is 15.3. The Kier molecular flexibility index (Phi) is 6.03. The minimum atomic E-state index is 0.567. The number of aryl methyl sites for hydroxylation is 1. The molecule has 0 radical (unpaired) electrons. The Bertz CT molecular complexity index is 549. The Labute approximate surface area is 126 Å². The molecule has 4 heteroatoms. The average molecular weight is 285 g/mol. The SMILES string of the molecule is C=C(C)COc1ccccc1CNCCCn1ccnc1. The van der Waals surface area contributed by atoms with Gasteiger partial charge in [-0.3, -0.25) is 0 Å². The molecule has 0 amide bonds. The van der Waals surface area contributed by atoms with Crippen molar-refractivity contribution in [2.45, 2.75) is 26.4 Å². The maximum absolute atomic E-state index is 5.76. The second-order valence-electron chi connectivity index (χ2n) is 5.18. The molecule has 1 aromatic carbocycles. The van der Waals surface area contributed by atoms with Crippen molar-refractivity contribution in [2.24, 2.45) is 0 Å². The molecule has 0 unspecified atom stereocenters. The normalized spacial score (nSPS) is 10.5. The van der Waals surface area contributed by atoms with Gasteiger partial charge in [0.15, 0.2) is 0 Å². The number of aromatic nitrogens is 2. The molecule has 112 valence electrons. The van der Waals surface area contributed by atoms with Crippen LogP contribution in [0.5, 0.6) is 5.75 Å². The van der Waals surface area contributed by atoms with E-state index in [1.54, 1.807) is 0 Å². The number of imidazole rings is 1. The van der Waals surface area contributed by atoms with Crippen LogP contribution in [0.15, 0.2) is 55.1 Å². The highest BCUT2D eigenvalue weighted by Crippen LogP contribution is 2.18. The lowest BCUT2D eigenvalue weighted by Gasteiger charge is -2.12. The van der Waals surface area contributed by atoms with Crippen LogP contribution < -0.4 is 10.1 Å². The summed E-state index contributed by atoms with van der Waals surface area (Å²) in [6, 6.07) is 8.13. The monoisotopic (exact) mass is 285 g/mol. The zero-order valence-corrected chi connectivity index (χ0v) is 12.6. The highest BCUT2D eigenvalue weighted by atomic mass is 16.5. The molecule has 1 heterocycles. The summed E-state index contributed by atoms with van der Waals surface area (Å²) in [6.07, 6.45) is 6.72. The number of para-hydroxylation sites is 1. The highest BCUT2D eigenvalue weighted by Gasteiger charge is 2.02. The van der Waals surface area contributed by atoms with Gasteiger partial charge in [-0.15, -0.1) is 0 Å². The molecule has 0 aliphatic carbocycles. The van der Waals surface area contributed by atoms with Crippen molar-refractivity contribution in [3.8, 4) is 5.75 Å². The third kappa shape index (κ3) is 5.44. The quantitative estimate of drug-likeness (QED) is 0.568. The van der Waals surface area contributed by atoms with Gasteiger partial charge in [-0.1, -0.05) is 24.8 Å². The molecule has 0 bridgehead atoms. The van der Waals surface area contributed by atoms with E-state index in [0.717, 1.165) is 37.4 Å². The topological polar surface area (TPSA) is 39.1 Å². The molecule has 0 saturated carbocycles. The summed E-state index contributed by atoms with van der Waals surface area (Å²) in [4.78, 5) is 4.03. The van der Waals surface area contributed by atoms with Gasteiger partial charge in [-0.25, -0.2) is 4.98 Å². The summed E-state index contributed by atoms with van der Waals surface area (Å²) in [7, 11) is 0. The molecule has 0 fully saturated rings. The fraction of sp³-hybridized carbons (Fsp3) is 0.353. The van der Waals surface area contributed by atoms with Crippen LogP contribution in [0.3, 0.4) is 0 Å². The largest absolute Gasteiger partial charge is 0.489 e. The zero-order valence-electron chi connectivity index (χ0n) is 12.6. The van der Waals surface area contributed by atoms with E-state index in [1.807, 2.05) is 43.8 Å². The first-order valence-electron chi connectivity index (χ1n) is 7.27. The van der Waals surface area contributed by atoms with Crippen molar-refractivity contribution in [2.75, 3.05) is 13.2 Å². The summed E-state index contributed by atoms with van der Waals surface area (Å²) >= 11 is 0. The number of rotatable bonds is 9.